The first-order valence-electron chi connectivity index (χ1n) is 7.79. The quantitative estimate of drug-likeness (QED) is 0.703. The van der Waals surface area contributed by atoms with E-state index in [9.17, 15) is 4.79 Å². The molecule has 0 N–H and O–H groups in total. The van der Waals surface area contributed by atoms with Crippen molar-refractivity contribution >= 4 is 17.5 Å². The van der Waals surface area contributed by atoms with Crippen molar-refractivity contribution in [2.75, 3.05) is 6.54 Å². The van der Waals surface area contributed by atoms with Crippen LogP contribution in [0, 0.1) is 0 Å². The van der Waals surface area contributed by atoms with Crippen LogP contribution in [0.25, 0.3) is 11.3 Å². The van der Waals surface area contributed by atoms with Crippen LogP contribution in [-0.2, 0) is 13.0 Å². The Labute approximate surface area is 144 Å². The van der Waals surface area contributed by atoms with Crippen molar-refractivity contribution in [3.63, 3.8) is 0 Å². The topological polar surface area (TPSA) is 46.3 Å². The summed E-state index contributed by atoms with van der Waals surface area (Å²) in [5.74, 6) is 0.338. The van der Waals surface area contributed by atoms with Gasteiger partial charge in [0.05, 0.1) is 11.2 Å². The lowest BCUT2D eigenvalue weighted by Crippen LogP contribution is -2.36. The predicted molar refractivity (Wildman–Crippen MR) is 91.8 cm³/mol. The van der Waals surface area contributed by atoms with E-state index < -0.39 is 0 Å². The third-order valence-electron chi connectivity index (χ3n) is 4.34. The summed E-state index contributed by atoms with van der Waals surface area (Å²) in [4.78, 5) is 14.8. The van der Waals surface area contributed by atoms with Gasteiger partial charge in [-0.05, 0) is 29.7 Å². The second kappa shape index (κ2) is 6.13. The molecule has 3 aromatic rings. The number of hydrogen-bond acceptors (Lipinski definition) is 3. The number of aromatic nitrogens is 1. The fraction of sp³-hybridized carbons (Fsp3) is 0.158. The van der Waals surface area contributed by atoms with E-state index in [4.69, 9.17) is 16.1 Å². The molecule has 0 saturated heterocycles. The molecule has 1 aliphatic heterocycles. The second-order valence-electron chi connectivity index (χ2n) is 5.79. The highest BCUT2D eigenvalue weighted by molar-refractivity contribution is 6.33. The monoisotopic (exact) mass is 338 g/mol. The number of halogens is 1. The summed E-state index contributed by atoms with van der Waals surface area (Å²) >= 11 is 6.23. The normalized spacial score (nSPS) is 13.6. The Balaban J connectivity index is 1.65. The Morgan fingerprint density at radius 2 is 1.83 bits per heavy atom. The fourth-order valence-electron chi connectivity index (χ4n) is 3.07. The molecule has 0 spiro atoms. The maximum absolute atomic E-state index is 13.0. The van der Waals surface area contributed by atoms with Crippen molar-refractivity contribution in [3.8, 4) is 11.3 Å². The summed E-state index contributed by atoms with van der Waals surface area (Å²) in [5, 5.41) is 4.35. The zero-order valence-electron chi connectivity index (χ0n) is 12.9. The number of rotatable bonds is 2. The smallest absolute Gasteiger partial charge is 0.259 e. The van der Waals surface area contributed by atoms with Gasteiger partial charge >= 0.3 is 0 Å². The fourth-order valence-corrected chi connectivity index (χ4v) is 3.29. The van der Waals surface area contributed by atoms with Crippen LogP contribution in [0.4, 0.5) is 0 Å². The van der Waals surface area contributed by atoms with Crippen molar-refractivity contribution in [1.82, 2.24) is 10.1 Å². The van der Waals surface area contributed by atoms with Crippen LogP contribution < -0.4 is 0 Å². The number of carbonyl (C=O) groups excluding carboxylic acids is 1. The molecular weight excluding hydrogens is 324 g/mol. The Morgan fingerprint density at radius 3 is 2.67 bits per heavy atom. The van der Waals surface area contributed by atoms with E-state index in [1.165, 1.54) is 17.3 Å². The predicted octanol–water partition coefficient (Wildman–Crippen LogP) is 4.19. The van der Waals surface area contributed by atoms with E-state index in [2.05, 4.69) is 17.3 Å². The molecule has 0 fully saturated rings. The third kappa shape index (κ3) is 2.59. The Bertz CT molecular complexity index is 904. The first kappa shape index (κ1) is 15.0. The molecule has 0 atom stereocenters. The van der Waals surface area contributed by atoms with Crippen LogP contribution in [-0.4, -0.2) is 22.5 Å². The average molecular weight is 339 g/mol. The van der Waals surface area contributed by atoms with Crippen LogP contribution in [0.15, 0.2) is 59.3 Å². The van der Waals surface area contributed by atoms with E-state index in [1.54, 1.807) is 6.07 Å². The van der Waals surface area contributed by atoms with Gasteiger partial charge in [0.1, 0.15) is 5.56 Å². The number of fused-ring (bicyclic) bond motifs is 1. The van der Waals surface area contributed by atoms with E-state index in [0.29, 0.717) is 35.0 Å². The minimum absolute atomic E-state index is 0.0827. The molecule has 0 bridgehead atoms. The van der Waals surface area contributed by atoms with Gasteiger partial charge in [-0.1, -0.05) is 53.2 Å². The highest BCUT2D eigenvalue weighted by Crippen LogP contribution is 2.31. The zero-order valence-corrected chi connectivity index (χ0v) is 13.7. The number of nitrogens with zero attached hydrogens (tertiary/aromatic N) is 2. The van der Waals surface area contributed by atoms with Crippen molar-refractivity contribution in [1.29, 1.82) is 0 Å². The maximum atomic E-state index is 13.0. The lowest BCUT2D eigenvalue weighted by Gasteiger charge is -2.28. The van der Waals surface area contributed by atoms with E-state index in [-0.39, 0.29) is 5.91 Å². The molecule has 1 aromatic heterocycles. The van der Waals surface area contributed by atoms with Gasteiger partial charge in [-0.3, -0.25) is 4.79 Å². The van der Waals surface area contributed by atoms with Crippen molar-refractivity contribution in [3.05, 3.63) is 76.4 Å². The van der Waals surface area contributed by atoms with Gasteiger partial charge in [-0.25, -0.2) is 0 Å². The van der Waals surface area contributed by atoms with Gasteiger partial charge in [0.15, 0.2) is 5.76 Å². The van der Waals surface area contributed by atoms with Gasteiger partial charge < -0.3 is 9.42 Å². The largest absolute Gasteiger partial charge is 0.355 e. The SMILES string of the molecule is O=C(c1cnoc1-c1ccccc1Cl)N1CCc2ccccc2C1. The number of amides is 1. The highest BCUT2D eigenvalue weighted by atomic mass is 35.5. The number of hydrogen-bond donors (Lipinski definition) is 0. The average Bonchev–Trinajstić information content (AvgIpc) is 3.10. The molecule has 24 heavy (non-hydrogen) atoms. The standard InChI is InChI=1S/C19H15ClN2O2/c20-17-8-4-3-7-15(17)18-16(11-21-24-18)19(23)22-10-9-13-5-1-2-6-14(13)12-22/h1-8,11H,9-10,12H2. The molecule has 2 heterocycles. The minimum Gasteiger partial charge on any atom is -0.355 e. The first-order valence-corrected chi connectivity index (χ1v) is 8.17. The molecule has 0 unspecified atom stereocenters. The molecule has 120 valence electrons. The van der Waals surface area contributed by atoms with Gasteiger partial charge in [-0.15, -0.1) is 0 Å². The zero-order chi connectivity index (χ0) is 16.5. The van der Waals surface area contributed by atoms with Crippen molar-refractivity contribution < 1.29 is 9.32 Å². The van der Waals surface area contributed by atoms with Gasteiger partial charge in [0.25, 0.3) is 5.91 Å². The summed E-state index contributed by atoms with van der Waals surface area (Å²) in [7, 11) is 0. The summed E-state index contributed by atoms with van der Waals surface area (Å²) < 4.78 is 5.33. The lowest BCUT2D eigenvalue weighted by molar-refractivity contribution is 0.0735. The van der Waals surface area contributed by atoms with Gasteiger partial charge in [0, 0.05) is 18.7 Å². The molecule has 1 amide bonds. The molecule has 4 nitrogen and oxygen atoms in total. The molecule has 2 aromatic carbocycles. The molecule has 4 rings (SSSR count). The Hall–Kier alpha value is -2.59. The summed E-state index contributed by atoms with van der Waals surface area (Å²) in [6.45, 7) is 1.28. The molecule has 5 heteroatoms. The summed E-state index contributed by atoms with van der Waals surface area (Å²) in [6, 6.07) is 15.5. The van der Waals surface area contributed by atoms with Crippen LogP contribution in [0.5, 0.6) is 0 Å². The number of carbonyl (C=O) groups is 1. The Kier molecular flexibility index (Phi) is 3.82. The van der Waals surface area contributed by atoms with Crippen molar-refractivity contribution in [2.45, 2.75) is 13.0 Å². The molecule has 1 aliphatic rings. The molecule has 0 aliphatic carbocycles. The first-order chi connectivity index (χ1) is 11.7. The van der Waals surface area contributed by atoms with Gasteiger partial charge in [0.2, 0.25) is 0 Å². The third-order valence-corrected chi connectivity index (χ3v) is 4.67. The van der Waals surface area contributed by atoms with Crippen LogP contribution in [0.2, 0.25) is 5.02 Å². The van der Waals surface area contributed by atoms with E-state index in [1.807, 2.05) is 35.2 Å². The van der Waals surface area contributed by atoms with Crippen molar-refractivity contribution in [2.24, 2.45) is 0 Å². The summed E-state index contributed by atoms with van der Waals surface area (Å²) in [5.41, 5.74) is 3.62. The minimum atomic E-state index is -0.0827. The second-order valence-corrected chi connectivity index (χ2v) is 6.20. The number of benzene rings is 2. The van der Waals surface area contributed by atoms with Crippen LogP contribution in [0.3, 0.4) is 0 Å². The Morgan fingerprint density at radius 1 is 1.08 bits per heavy atom. The molecule has 0 radical (unpaired) electrons. The van der Waals surface area contributed by atoms with E-state index >= 15 is 0 Å². The van der Waals surface area contributed by atoms with Gasteiger partial charge in [-0.2, -0.15) is 0 Å². The molecular formula is C19H15ClN2O2. The highest BCUT2D eigenvalue weighted by Gasteiger charge is 2.26. The van der Waals surface area contributed by atoms with Crippen LogP contribution >= 0.6 is 11.6 Å². The van der Waals surface area contributed by atoms with Crippen LogP contribution in [0.1, 0.15) is 21.5 Å². The maximum Gasteiger partial charge on any atom is 0.259 e. The molecule has 0 saturated carbocycles. The van der Waals surface area contributed by atoms with E-state index in [0.717, 1.165) is 6.42 Å². The lowest BCUT2D eigenvalue weighted by atomic mass is 9.99. The summed E-state index contributed by atoms with van der Waals surface area (Å²) in [6.07, 6.45) is 2.33.